The first-order chi connectivity index (χ1) is 10.1. The average molecular weight is 352 g/mol. The molecule has 3 nitrogen and oxygen atoms in total. The van der Waals surface area contributed by atoms with Crippen molar-refractivity contribution in [3.8, 4) is 5.75 Å². The van der Waals surface area contributed by atoms with Crippen LogP contribution in [0.2, 0.25) is 0 Å². The molecule has 1 spiro atoms. The molecule has 114 valence electrons. The molecule has 1 aromatic rings. The average Bonchev–Trinajstić information content (AvgIpc) is 2.95. The Hall–Kier alpha value is -1.03. The van der Waals surface area contributed by atoms with Gasteiger partial charge in [-0.3, -0.25) is 4.79 Å². The second kappa shape index (κ2) is 5.64. The fourth-order valence-electron chi connectivity index (χ4n) is 4.20. The Kier molecular flexibility index (Phi) is 4.00. The largest absolute Gasteiger partial charge is 0.497 e. The van der Waals surface area contributed by atoms with Gasteiger partial charge in [0.15, 0.2) is 0 Å². The van der Waals surface area contributed by atoms with Crippen LogP contribution in [0.15, 0.2) is 18.2 Å². The number of alkyl halides is 1. The zero-order valence-corrected chi connectivity index (χ0v) is 14.3. The first kappa shape index (κ1) is 14.9. The van der Waals surface area contributed by atoms with Crippen molar-refractivity contribution in [3.05, 3.63) is 23.8 Å². The lowest BCUT2D eigenvalue weighted by Gasteiger charge is -2.48. The Morgan fingerprint density at radius 1 is 1.43 bits per heavy atom. The van der Waals surface area contributed by atoms with Crippen LogP contribution in [0.1, 0.15) is 50.5 Å². The summed E-state index contributed by atoms with van der Waals surface area (Å²) < 4.78 is 5.35. The normalized spacial score (nSPS) is 23.2. The number of hydrogen-bond donors (Lipinski definition) is 0. The van der Waals surface area contributed by atoms with E-state index in [9.17, 15) is 4.79 Å². The fourth-order valence-corrected chi connectivity index (χ4v) is 4.45. The molecule has 0 N–H and O–H groups in total. The van der Waals surface area contributed by atoms with Gasteiger partial charge in [0, 0.05) is 11.2 Å². The van der Waals surface area contributed by atoms with Gasteiger partial charge in [0.05, 0.1) is 12.4 Å². The zero-order valence-electron chi connectivity index (χ0n) is 12.7. The standard InChI is InChI=1S/C17H22BrNO2/c1-12-10-17(7-3-4-8-17)19(16(20)11-18)15-6-5-13(21-2)9-14(12)15/h5-6,9,12H,3-4,7-8,10-11H2,1-2H3. The minimum absolute atomic E-state index is 0.0336. The van der Waals surface area contributed by atoms with Crippen LogP contribution >= 0.6 is 15.9 Å². The van der Waals surface area contributed by atoms with E-state index in [-0.39, 0.29) is 11.4 Å². The van der Waals surface area contributed by atoms with Crippen LogP contribution in [-0.2, 0) is 4.79 Å². The summed E-state index contributed by atoms with van der Waals surface area (Å²) in [4.78, 5) is 14.7. The maximum Gasteiger partial charge on any atom is 0.238 e. The zero-order chi connectivity index (χ0) is 15.0. The number of halogens is 1. The van der Waals surface area contributed by atoms with Gasteiger partial charge < -0.3 is 9.64 Å². The van der Waals surface area contributed by atoms with E-state index in [0.717, 1.165) is 30.7 Å². The van der Waals surface area contributed by atoms with Crippen LogP contribution in [-0.4, -0.2) is 23.9 Å². The molecule has 1 aromatic carbocycles. The summed E-state index contributed by atoms with van der Waals surface area (Å²) >= 11 is 3.36. The Labute approximate surface area is 134 Å². The highest BCUT2D eigenvalue weighted by Crippen LogP contribution is 2.51. The molecule has 21 heavy (non-hydrogen) atoms. The van der Waals surface area contributed by atoms with Crippen LogP contribution in [0.3, 0.4) is 0 Å². The van der Waals surface area contributed by atoms with Crippen molar-refractivity contribution in [2.45, 2.75) is 50.5 Å². The highest BCUT2D eigenvalue weighted by Gasteiger charge is 2.47. The molecule has 1 aliphatic carbocycles. The monoisotopic (exact) mass is 351 g/mol. The van der Waals surface area contributed by atoms with Crippen molar-refractivity contribution >= 4 is 27.5 Å². The van der Waals surface area contributed by atoms with Gasteiger partial charge in [-0.25, -0.2) is 0 Å². The minimum atomic E-state index is 0.0336. The highest BCUT2D eigenvalue weighted by atomic mass is 79.9. The maximum atomic E-state index is 12.6. The fraction of sp³-hybridized carbons (Fsp3) is 0.588. The molecule has 0 bridgehead atoms. The summed E-state index contributed by atoms with van der Waals surface area (Å²) in [5.41, 5.74) is 2.35. The van der Waals surface area contributed by atoms with Crippen molar-refractivity contribution in [1.29, 1.82) is 0 Å². The predicted molar refractivity (Wildman–Crippen MR) is 88.5 cm³/mol. The van der Waals surface area contributed by atoms with Crippen LogP contribution < -0.4 is 9.64 Å². The minimum Gasteiger partial charge on any atom is -0.497 e. The number of fused-ring (bicyclic) bond motifs is 1. The molecule has 1 atom stereocenters. The number of carbonyl (C=O) groups excluding carboxylic acids is 1. The number of benzene rings is 1. The third-order valence-corrected chi connectivity index (χ3v) is 5.54. The number of nitrogens with zero attached hydrogens (tertiary/aromatic N) is 1. The SMILES string of the molecule is COc1ccc2c(c1)C(C)CC1(CCCC1)N2C(=O)CBr. The molecule has 1 fully saturated rings. The number of rotatable bonds is 2. The number of anilines is 1. The molecular weight excluding hydrogens is 330 g/mol. The lowest BCUT2D eigenvalue weighted by atomic mass is 9.76. The third-order valence-electron chi connectivity index (χ3n) is 5.06. The van der Waals surface area contributed by atoms with Gasteiger partial charge >= 0.3 is 0 Å². The molecule has 4 heteroatoms. The van der Waals surface area contributed by atoms with Crippen molar-refractivity contribution in [1.82, 2.24) is 0 Å². The summed E-state index contributed by atoms with van der Waals surface area (Å²) in [5, 5.41) is 0.384. The Morgan fingerprint density at radius 2 is 2.14 bits per heavy atom. The molecule has 1 saturated carbocycles. The van der Waals surface area contributed by atoms with E-state index in [2.05, 4.69) is 39.9 Å². The van der Waals surface area contributed by atoms with E-state index in [4.69, 9.17) is 4.74 Å². The number of amides is 1. The quantitative estimate of drug-likeness (QED) is 0.745. The van der Waals surface area contributed by atoms with E-state index in [1.54, 1.807) is 7.11 Å². The number of methoxy groups -OCH3 is 1. The summed E-state index contributed by atoms with van der Waals surface area (Å²) in [5.74, 6) is 1.51. The van der Waals surface area contributed by atoms with E-state index in [1.807, 2.05) is 6.07 Å². The molecule has 1 heterocycles. The molecule has 3 rings (SSSR count). The van der Waals surface area contributed by atoms with Crippen LogP contribution in [0.25, 0.3) is 0 Å². The first-order valence-electron chi connectivity index (χ1n) is 7.68. The van der Waals surface area contributed by atoms with Crippen molar-refractivity contribution in [2.24, 2.45) is 0 Å². The molecule has 1 amide bonds. The van der Waals surface area contributed by atoms with Gasteiger partial charge in [-0.2, -0.15) is 0 Å². The van der Waals surface area contributed by atoms with E-state index < -0.39 is 0 Å². The van der Waals surface area contributed by atoms with Crippen LogP contribution in [0.5, 0.6) is 5.75 Å². The molecule has 2 aliphatic rings. The summed E-state index contributed by atoms with van der Waals surface area (Å²) in [7, 11) is 1.69. The van der Waals surface area contributed by atoms with Crippen molar-refractivity contribution in [2.75, 3.05) is 17.3 Å². The molecule has 0 radical (unpaired) electrons. The summed E-state index contributed by atoms with van der Waals surface area (Å²) in [6.07, 6.45) is 5.77. The molecule has 1 aliphatic heterocycles. The van der Waals surface area contributed by atoms with Gasteiger partial charge in [-0.15, -0.1) is 0 Å². The summed E-state index contributed by atoms with van der Waals surface area (Å²) in [6.45, 7) is 2.27. The van der Waals surface area contributed by atoms with Gasteiger partial charge in [-0.1, -0.05) is 35.7 Å². The molecule has 0 saturated heterocycles. The van der Waals surface area contributed by atoms with Gasteiger partial charge in [0.1, 0.15) is 5.75 Å². The van der Waals surface area contributed by atoms with E-state index in [1.165, 1.54) is 18.4 Å². The van der Waals surface area contributed by atoms with Crippen LogP contribution in [0, 0.1) is 0 Å². The smallest absolute Gasteiger partial charge is 0.238 e. The molecular formula is C17H22BrNO2. The van der Waals surface area contributed by atoms with Crippen molar-refractivity contribution in [3.63, 3.8) is 0 Å². The predicted octanol–water partition coefficient (Wildman–Crippen LogP) is 4.24. The lowest BCUT2D eigenvalue weighted by molar-refractivity contribution is -0.117. The topological polar surface area (TPSA) is 29.5 Å². The van der Waals surface area contributed by atoms with Gasteiger partial charge in [0.2, 0.25) is 5.91 Å². The second-order valence-corrected chi connectivity index (χ2v) is 6.88. The third kappa shape index (κ3) is 2.37. The van der Waals surface area contributed by atoms with Gasteiger partial charge in [0.25, 0.3) is 0 Å². The Bertz CT molecular complexity index is 552. The Morgan fingerprint density at radius 3 is 2.76 bits per heavy atom. The number of hydrogen-bond acceptors (Lipinski definition) is 2. The second-order valence-electron chi connectivity index (χ2n) is 6.32. The maximum absolute atomic E-state index is 12.6. The van der Waals surface area contributed by atoms with E-state index in [0.29, 0.717) is 11.2 Å². The number of carbonyl (C=O) groups is 1. The highest BCUT2D eigenvalue weighted by molar-refractivity contribution is 9.09. The van der Waals surface area contributed by atoms with Crippen molar-refractivity contribution < 1.29 is 9.53 Å². The summed E-state index contributed by atoms with van der Waals surface area (Å²) in [6, 6.07) is 6.12. The first-order valence-corrected chi connectivity index (χ1v) is 8.80. The van der Waals surface area contributed by atoms with E-state index >= 15 is 0 Å². The molecule has 0 aromatic heterocycles. The lowest BCUT2D eigenvalue weighted by Crippen LogP contribution is -2.54. The van der Waals surface area contributed by atoms with Crippen LogP contribution in [0.4, 0.5) is 5.69 Å². The number of ether oxygens (including phenoxy) is 1. The molecule has 1 unspecified atom stereocenters. The Balaban J connectivity index is 2.12. The van der Waals surface area contributed by atoms with Gasteiger partial charge in [-0.05, 0) is 48.9 Å².